The normalized spacial score (nSPS) is 20.7. The summed E-state index contributed by atoms with van der Waals surface area (Å²) in [7, 11) is 0. The van der Waals surface area contributed by atoms with Gasteiger partial charge in [0.25, 0.3) is 0 Å². The molecule has 0 aromatic heterocycles. The molecule has 290 valence electrons. The number of nitrogens with zero attached hydrogens (tertiary/aromatic N) is 2. The van der Waals surface area contributed by atoms with Crippen LogP contribution in [-0.2, 0) is 70.0 Å². The largest absolute Gasteiger partial charge is 2.00 e. The van der Waals surface area contributed by atoms with Crippen LogP contribution in [0.15, 0.2) is 42.4 Å². The molecule has 0 saturated carbocycles. The Morgan fingerprint density at radius 3 is 0.843 bits per heavy atom. The third-order valence-corrected chi connectivity index (χ3v) is 27.9. The van der Waals surface area contributed by atoms with Gasteiger partial charge in [-0.05, 0) is 80.4 Å². The molecule has 4 heterocycles. The van der Waals surface area contributed by atoms with Crippen molar-refractivity contribution in [3.05, 3.63) is 42.4 Å². The zero-order valence-corrected chi connectivity index (χ0v) is 48.0. The molecular weight excluding hydrogens is 991 g/mol. The predicted molar refractivity (Wildman–Crippen MR) is 272 cm³/mol. The summed E-state index contributed by atoms with van der Waals surface area (Å²) < 4.78 is 15.5. The van der Waals surface area contributed by atoms with Crippen LogP contribution in [0.4, 0.5) is 0 Å². The third kappa shape index (κ3) is 17.6. The molecule has 4 aliphatic heterocycles. The maximum atomic E-state index is 5.31. The van der Waals surface area contributed by atoms with Crippen molar-refractivity contribution in [2.45, 2.75) is 64.6 Å². The first-order chi connectivity index (χ1) is 23.8. The molecule has 0 N–H and O–H groups in total. The van der Waals surface area contributed by atoms with Gasteiger partial charge in [-0.15, -0.1) is 112 Å². The van der Waals surface area contributed by atoms with Crippen LogP contribution in [0.2, 0.25) is 0 Å². The standard InChI is InChI=1S/2C8H20N.C8H10S8.C8H8S8.Zn/c2*1-5-9(6-2,7-3)8-4;2*1-11-5-6(12-2)16-8(15-5)7-13-3(9)4(10)14-7;/h2*5-8H2,1-4H3;3-4,9-10H,1-2H3;9-10H,1-2H3;/q2*+1;;;+2/p-4. The Labute approximate surface area is 399 Å². The van der Waals surface area contributed by atoms with E-state index in [1.54, 1.807) is 47.0 Å². The Morgan fingerprint density at radius 2 is 0.647 bits per heavy atom. The predicted octanol–water partition coefficient (Wildman–Crippen LogP) is 13.6. The van der Waals surface area contributed by atoms with Gasteiger partial charge in [-0.3, -0.25) is 0 Å². The summed E-state index contributed by atoms with van der Waals surface area (Å²) >= 11 is 42.5. The van der Waals surface area contributed by atoms with E-state index in [0.717, 1.165) is 8.47 Å². The van der Waals surface area contributed by atoms with Gasteiger partial charge >= 0.3 is 19.5 Å². The molecule has 0 aromatic carbocycles. The van der Waals surface area contributed by atoms with E-state index in [1.165, 1.54) is 95.2 Å². The van der Waals surface area contributed by atoms with Crippen LogP contribution < -0.4 is 0 Å². The molecule has 0 amide bonds. The van der Waals surface area contributed by atoms with Crippen LogP contribution in [0.1, 0.15) is 55.4 Å². The van der Waals surface area contributed by atoms with E-state index in [0.29, 0.717) is 0 Å². The van der Waals surface area contributed by atoms with Crippen LogP contribution in [0.5, 0.6) is 0 Å². The minimum atomic E-state index is 0. The Hall–Kier alpha value is 4.58. The molecule has 0 bridgehead atoms. The molecule has 0 radical (unpaired) electrons. The summed E-state index contributed by atoms with van der Waals surface area (Å²) in [5.41, 5.74) is 0. The molecule has 0 aromatic rings. The first-order valence-electron chi connectivity index (χ1n) is 16.4. The summed E-state index contributed by atoms with van der Waals surface area (Å²) in [6, 6.07) is 0. The second-order valence-corrected chi connectivity index (χ2v) is 27.2. The zero-order valence-electron chi connectivity index (χ0n) is 31.9. The molecule has 4 rings (SSSR count). The van der Waals surface area contributed by atoms with Crippen molar-refractivity contribution < 1.29 is 28.4 Å². The average molecular weight is 1050 g/mol. The van der Waals surface area contributed by atoms with Gasteiger partial charge < -0.3 is 59.5 Å². The van der Waals surface area contributed by atoms with E-state index in [2.05, 4.69) is 80.4 Å². The molecule has 1 saturated heterocycles. The van der Waals surface area contributed by atoms with Crippen LogP contribution in [0, 0.1) is 0 Å². The average Bonchev–Trinajstić information content (AvgIpc) is 3.93. The van der Waals surface area contributed by atoms with E-state index in [9.17, 15) is 0 Å². The molecule has 1 fully saturated rings. The summed E-state index contributed by atoms with van der Waals surface area (Å²) in [4.78, 5) is 0. The number of quaternary nitrogens is 2. The van der Waals surface area contributed by atoms with E-state index in [4.69, 9.17) is 50.5 Å². The van der Waals surface area contributed by atoms with Crippen molar-refractivity contribution in [3.8, 4) is 0 Å². The van der Waals surface area contributed by atoms with Gasteiger partial charge in [0.1, 0.15) is 0 Å². The topological polar surface area (TPSA) is 0 Å². The van der Waals surface area contributed by atoms with Gasteiger partial charge in [0.05, 0.1) is 86.3 Å². The van der Waals surface area contributed by atoms with Gasteiger partial charge in [0.15, 0.2) is 0 Å². The quantitative estimate of drug-likeness (QED) is 0.103. The van der Waals surface area contributed by atoms with Gasteiger partial charge in [0, 0.05) is 0 Å². The number of hydrogen-bond acceptors (Lipinski definition) is 16. The Bertz CT molecular complexity index is 1070. The SMILES string of the molecule is CC[N+](CC)(CC)CC.CC[N+](CC)(CC)CC.CSC1=C(SC)SC(=C2SC([S-])=C([S-])S2)S1.CSC1=C(SC)SC(=C2SC([S-])C([S-])S2)S1.[Zn+2]. The van der Waals surface area contributed by atoms with Crippen molar-refractivity contribution in [2.75, 3.05) is 77.4 Å². The minimum absolute atomic E-state index is 0. The van der Waals surface area contributed by atoms with E-state index in [1.807, 2.05) is 94.1 Å². The van der Waals surface area contributed by atoms with Crippen molar-refractivity contribution in [3.63, 3.8) is 0 Å². The second-order valence-electron chi connectivity index (χ2n) is 10.5. The van der Waals surface area contributed by atoms with Crippen molar-refractivity contribution >= 4 is 192 Å². The Kier molecular flexibility index (Phi) is 32.4. The molecule has 4 aliphatic rings. The van der Waals surface area contributed by atoms with Gasteiger partial charge in [-0.25, -0.2) is 0 Å². The fraction of sp³-hybridized carbons (Fsp3) is 0.688. The third-order valence-electron chi connectivity index (χ3n) is 8.72. The van der Waals surface area contributed by atoms with Crippen LogP contribution in [0.25, 0.3) is 0 Å². The maximum Gasteiger partial charge on any atom is 2.00 e. The molecular formula is C32H54N2S16Zn. The molecule has 0 spiro atoms. The summed E-state index contributed by atoms with van der Waals surface area (Å²) in [5.74, 6) is 0. The fourth-order valence-electron chi connectivity index (χ4n) is 4.70. The smallest absolute Gasteiger partial charge is 0.779 e. The molecule has 51 heavy (non-hydrogen) atoms. The summed E-state index contributed by atoms with van der Waals surface area (Å²) in [6.07, 6.45) is 8.51. The van der Waals surface area contributed by atoms with Crippen LogP contribution in [-0.4, -0.2) is 95.5 Å². The summed E-state index contributed by atoms with van der Waals surface area (Å²) in [5, 5.41) is 0. The molecule has 0 aliphatic carbocycles. The van der Waals surface area contributed by atoms with Crippen molar-refractivity contribution in [1.29, 1.82) is 0 Å². The van der Waals surface area contributed by atoms with Crippen LogP contribution in [0.3, 0.4) is 0 Å². The molecule has 2 nitrogen and oxygen atoms in total. The van der Waals surface area contributed by atoms with Gasteiger partial charge in [-0.2, -0.15) is 0 Å². The summed E-state index contributed by atoms with van der Waals surface area (Å²) in [6.45, 7) is 28.4. The van der Waals surface area contributed by atoms with E-state index >= 15 is 0 Å². The zero-order chi connectivity index (χ0) is 38.1. The van der Waals surface area contributed by atoms with Crippen molar-refractivity contribution in [1.82, 2.24) is 0 Å². The first kappa shape index (κ1) is 55.6. The number of hydrogen-bond donors (Lipinski definition) is 0. The number of thioether (sulfide) groups is 12. The number of rotatable bonds is 12. The van der Waals surface area contributed by atoms with Crippen LogP contribution >= 0.6 is 141 Å². The van der Waals surface area contributed by atoms with Gasteiger partial charge in [0.2, 0.25) is 0 Å². The minimum Gasteiger partial charge on any atom is -0.779 e. The van der Waals surface area contributed by atoms with E-state index < -0.39 is 0 Å². The molecule has 2 atom stereocenters. The Morgan fingerprint density at radius 1 is 0.431 bits per heavy atom. The second kappa shape index (κ2) is 29.7. The van der Waals surface area contributed by atoms with Gasteiger partial charge in [-0.1, -0.05) is 47.0 Å². The fourth-order valence-corrected chi connectivity index (χ4v) is 22.0. The van der Waals surface area contributed by atoms with E-state index in [-0.39, 0.29) is 28.6 Å². The first-order valence-corrected chi connectivity index (χ1v) is 29.7. The maximum absolute atomic E-state index is 5.31. The Balaban J connectivity index is 0.000000676. The monoisotopic (exact) mass is 1040 g/mol. The van der Waals surface area contributed by atoms with Crippen molar-refractivity contribution in [2.24, 2.45) is 0 Å². The molecule has 2 unspecified atom stereocenters. The molecule has 19 heteroatoms.